The molecule has 0 aromatic rings. The molecule has 0 spiro atoms. The number of halogens is 1. The van der Waals surface area contributed by atoms with Gasteiger partial charge in [-0.25, -0.2) is 0 Å². The number of nitrogens with one attached hydrogen (secondary N) is 1. The van der Waals surface area contributed by atoms with Gasteiger partial charge in [0.1, 0.15) is 4.11 Å². The Hall–Kier alpha value is 0.650. The van der Waals surface area contributed by atoms with E-state index < -0.39 is 0 Å². The van der Waals surface area contributed by atoms with Crippen LogP contribution in [0.15, 0.2) is 0 Å². The lowest BCUT2D eigenvalue weighted by Gasteiger charge is -2.17. The van der Waals surface area contributed by atoms with E-state index in [-0.39, 0.29) is 0 Å². The molecule has 1 aliphatic rings. The quantitative estimate of drug-likeness (QED) is 0.463. The highest BCUT2D eigenvalue weighted by molar-refractivity contribution is 14.1. The standard InChI is InChI=1S/C4H8INO/c5-4-3-6-1-2-7-4/h4,6H,1-3H2/t4-/m1/s1. The van der Waals surface area contributed by atoms with E-state index in [9.17, 15) is 0 Å². The summed E-state index contributed by atoms with van der Waals surface area (Å²) in [5, 5.41) is 3.20. The van der Waals surface area contributed by atoms with Crippen molar-refractivity contribution >= 4 is 22.6 Å². The Balaban J connectivity index is 2.12. The fourth-order valence-corrected chi connectivity index (χ4v) is 1.10. The van der Waals surface area contributed by atoms with Gasteiger partial charge in [0.25, 0.3) is 0 Å². The van der Waals surface area contributed by atoms with Gasteiger partial charge in [0.2, 0.25) is 0 Å². The maximum absolute atomic E-state index is 5.20. The molecular weight excluding hydrogens is 205 g/mol. The summed E-state index contributed by atoms with van der Waals surface area (Å²) >= 11 is 2.27. The Morgan fingerprint density at radius 1 is 1.71 bits per heavy atom. The zero-order chi connectivity index (χ0) is 5.11. The molecule has 0 bridgehead atoms. The number of ether oxygens (including phenoxy) is 1. The lowest BCUT2D eigenvalue weighted by molar-refractivity contribution is 0.0958. The van der Waals surface area contributed by atoms with Gasteiger partial charge in [0, 0.05) is 13.1 Å². The van der Waals surface area contributed by atoms with Crippen molar-refractivity contribution in [2.24, 2.45) is 0 Å². The van der Waals surface area contributed by atoms with Crippen LogP contribution in [0.1, 0.15) is 0 Å². The summed E-state index contributed by atoms with van der Waals surface area (Å²) in [6.07, 6.45) is 0. The zero-order valence-electron chi connectivity index (χ0n) is 3.98. The first-order valence-electron chi connectivity index (χ1n) is 2.36. The zero-order valence-corrected chi connectivity index (χ0v) is 6.14. The van der Waals surface area contributed by atoms with Gasteiger partial charge in [0.05, 0.1) is 6.61 Å². The van der Waals surface area contributed by atoms with Crippen molar-refractivity contribution in [1.29, 1.82) is 0 Å². The van der Waals surface area contributed by atoms with Crippen molar-refractivity contribution in [3.8, 4) is 0 Å². The van der Waals surface area contributed by atoms with Crippen molar-refractivity contribution < 1.29 is 4.74 Å². The molecule has 1 heterocycles. The summed E-state index contributed by atoms with van der Waals surface area (Å²) in [6.45, 7) is 2.88. The van der Waals surface area contributed by atoms with Crippen LogP contribution < -0.4 is 5.32 Å². The van der Waals surface area contributed by atoms with Crippen LogP contribution >= 0.6 is 22.6 Å². The van der Waals surface area contributed by atoms with Crippen LogP contribution in [0.4, 0.5) is 0 Å². The topological polar surface area (TPSA) is 21.3 Å². The maximum atomic E-state index is 5.20. The van der Waals surface area contributed by atoms with E-state index in [1.807, 2.05) is 0 Å². The molecule has 2 nitrogen and oxygen atoms in total. The fraction of sp³-hybridized carbons (Fsp3) is 1.00. The summed E-state index contributed by atoms with van der Waals surface area (Å²) in [5.74, 6) is 0. The summed E-state index contributed by atoms with van der Waals surface area (Å²) < 4.78 is 5.60. The Kier molecular flexibility index (Phi) is 2.34. The molecule has 0 radical (unpaired) electrons. The predicted molar refractivity (Wildman–Crippen MR) is 36.6 cm³/mol. The minimum atomic E-state index is 0.395. The summed E-state index contributed by atoms with van der Waals surface area (Å²) in [6, 6.07) is 0. The molecule has 0 amide bonds. The molecular formula is C4H8INO. The third-order valence-electron chi connectivity index (χ3n) is 0.882. The fourth-order valence-electron chi connectivity index (χ4n) is 0.533. The van der Waals surface area contributed by atoms with E-state index >= 15 is 0 Å². The van der Waals surface area contributed by atoms with E-state index in [0.717, 1.165) is 19.7 Å². The molecule has 0 aromatic heterocycles. The minimum absolute atomic E-state index is 0.395. The molecule has 0 unspecified atom stereocenters. The molecule has 7 heavy (non-hydrogen) atoms. The Morgan fingerprint density at radius 2 is 2.57 bits per heavy atom. The maximum Gasteiger partial charge on any atom is 0.121 e. The monoisotopic (exact) mass is 213 g/mol. The third-order valence-corrected chi connectivity index (χ3v) is 1.68. The number of hydrogen-bond acceptors (Lipinski definition) is 2. The molecule has 0 saturated carbocycles. The lowest BCUT2D eigenvalue weighted by atomic mass is 10.5. The summed E-state index contributed by atoms with van der Waals surface area (Å²) in [4.78, 5) is 0. The van der Waals surface area contributed by atoms with Gasteiger partial charge in [-0.3, -0.25) is 0 Å². The van der Waals surface area contributed by atoms with E-state index in [4.69, 9.17) is 4.74 Å². The first kappa shape index (κ1) is 5.78. The number of hydrogen-bond donors (Lipinski definition) is 1. The van der Waals surface area contributed by atoms with Gasteiger partial charge >= 0.3 is 0 Å². The smallest absolute Gasteiger partial charge is 0.121 e. The minimum Gasteiger partial charge on any atom is -0.365 e. The SMILES string of the molecule is I[C@H]1CNCCO1. The van der Waals surface area contributed by atoms with Crippen molar-refractivity contribution in [3.63, 3.8) is 0 Å². The van der Waals surface area contributed by atoms with Crippen LogP contribution in [0.25, 0.3) is 0 Å². The van der Waals surface area contributed by atoms with Crippen molar-refractivity contribution in [3.05, 3.63) is 0 Å². The van der Waals surface area contributed by atoms with E-state index in [0.29, 0.717) is 4.11 Å². The van der Waals surface area contributed by atoms with Gasteiger partial charge in [-0.2, -0.15) is 0 Å². The number of alkyl halides is 1. The van der Waals surface area contributed by atoms with Gasteiger partial charge in [0.15, 0.2) is 0 Å². The lowest BCUT2D eigenvalue weighted by Crippen LogP contribution is -2.34. The first-order valence-corrected chi connectivity index (χ1v) is 3.60. The van der Waals surface area contributed by atoms with Crippen LogP contribution in [0.3, 0.4) is 0 Å². The highest BCUT2D eigenvalue weighted by atomic mass is 127. The van der Waals surface area contributed by atoms with Crippen molar-refractivity contribution in [2.45, 2.75) is 4.11 Å². The first-order chi connectivity index (χ1) is 3.39. The van der Waals surface area contributed by atoms with E-state index in [1.54, 1.807) is 0 Å². The van der Waals surface area contributed by atoms with Crippen LogP contribution in [-0.4, -0.2) is 23.8 Å². The van der Waals surface area contributed by atoms with Crippen LogP contribution in [0, 0.1) is 0 Å². The van der Waals surface area contributed by atoms with Crippen molar-refractivity contribution in [1.82, 2.24) is 5.32 Å². The van der Waals surface area contributed by atoms with E-state index in [1.165, 1.54) is 0 Å². The molecule has 0 aliphatic carbocycles. The Labute approximate surface area is 56.8 Å². The summed E-state index contributed by atoms with van der Waals surface area (Å²) in [7, 11) is 0. The second-order valence-electron chi connectivity index (χ2n) is 1.48. The normalized spacial score (nSPS) is 33.0. The highest BCUT2D eigenvalue weighted by Gasteiger charge is 2.06. The average molecular weight is 213 g/mol. The molecule has 3 heteroatoms. The van der Waals surface area contributed by atoms with E-state index in [2.05, 4.69) is 27.9 Å². The van der Waals surface area contributed by atoms with Gasteiger partial charge < -0.3 is 10.1 Å². The second-order valence-corrected chi connectivity index (χ2v) is 2.87. The molecule has 1 saturated heterocycles. The average Bonchev–Trinajstić information content (AvgIpc) is 1.69. The summed E-state index contributed by atoms with van der Waals surface area (Å²) in [5.41, 5.74) is 0. The van der Waals surface area contributed by atoms with Crippen molar-refractivity contribution in [2.75, 3.05) is 19.7 Å². The predicted octanol–water partition coefficient (Wildman–Crippen LogP) is 0.367. The number of rotatable bonds is 0. The highest BCUT2D eigenvalue weighted by Crippen LogP contribution is 2.02. The third kappa shape index (κ3) is 1.92. The Morgan fingerprint density at radius 3 is 2.86 bits per heavy atom. The largest absolute Gasteiger partial charge is 0.365 e. The van der Waals surface area contributed by atoms with Crippen LogP contribution in [-0.2, 0) is 4.74 Å². The molecule has 1 atom stereocenters. The second kappa shape index (κ2) is 2.84. The molecule has 1 N–H and O–H groups in total. The molecule has 1 rings (SSSR count). The molecule has 42 valence electrons. The number of morpholine rings is 1. The van der Waals surface area contributed by atoms with Gasteiger partial charge in [-0.1, -0.05) is 0 Å². The molecule has 0 aromatic carbocycles. The molecule has 1 fully saturated rings. The van der Waals surface area contributed by atoms with Gasteiger partial charge in [-0.15, -0.1) is 0 Å². The van der Waals surface area contributed by atoms with Crippen LogP contribution in [0.2, 0.25) is 0 Å². The van der Waals surface area contributed by atoms with Crippen LogP contribution in [0.5, 0.6) is 0 Å². The van der Waals surface area contributed by atoms with Gasteiger partial charge in [-0.05, 0) is 22.6 Å². The Bertz CT molecular complexity index is 53.7. The molecule has 1 aliphatic heterocycles.